The van der Waals surface area contributed by atoms with Gasteiger partial charge in [-0.25, -0.2) is 9.97 Å². The van der Waals surface area contributed by atoms with Crippen LogP contribution >= 0.6 is 11.3 Å². The second kappa shape index (κ2) is 7.51. The van der Waals surface area contributed by atoms with E-state index >= 15 is 0 Å². The number of aromatic nitrogens is 3. The zero-order chi connectivity index (χ0) is 19.6. The van der Waals surface area contributed by atoms with Gasteiger partial charge >= 0.3 is 6.18 Å². The first-order chi connectivity index (χ1) is 12.7. The lowest BCUT2D eigenvalue weighted by Gasteiger charge is -2.23. The van der Waals surface area contributed by atoms with Crippen LogP contribution in [0, 0.1) is 13.8 Å². The van der Waals surface area contributed by atoms with Gasteiger partial charge in [-0.1, -0.05) is 30.3 Å². The smallest absolute Gasteiger partial charge is 0.340 e. The van der Waals surface area contributed by atoms with Crippen LogP contribution in [0.3, 0.4) is 0 Å². The molecule has 0 unspecified atom stereocenters. The Morgan fingerprint density at radius 1 is 1.22 bits per heavy atom. The Balaban J connectivity index is 1.85. The summed E-state index contributed by atoms with van der Waals surface area (Å²) in [6.07, 6.45) is -3.06. The number of alkyl halides is 3. The molecule has 0 aliphatic heterocycles. The lowest BCUT2D eigenvalue weighted by atomic mass is 10.2. The minimum Gasteiger partial charge on any atom is -0.340 e. The Hall–Kier alpha value is -2.68. The third-order valence-corrected chi connectivity index (χ3v) is 4.85. The first kappa shape index (κ1) is 19.1. The maximum Gasteiger partial charge on any atom is 0.406 e. The van der Waals surface area contributed by atoms with Crippen molar-refractivity contribution < 1.29 is 18.0 Å². The van der Waals surface area contributed by atoms with Crippen LogP contribution in [0.5, 0.6) is 0 Å². The quantitative estimate of drug-likeness (QED) is 0.700. The molecule has 9 heteroatoms. The average molecular weight is 394 g/mol. The van der Waals surface area contributed by atoms with Gasteiger partial charge in [-0.15, -0.1) is 11.3 Å². The predicted molar refractivity (Wildman–Crippen MR) is 96.4 cm³/mol. The number of hydrogen-bond donors (Lipinski definition) is 1. The van der Waals surface area contributed by atoms with Gasteiger partial charge in [-0.3, -0.25) is 4.79 Å². The molecule has 0 bridgehead atoms. The monoisotopic (exact) mass is 394 g/mol. The minimum atomic E-state index is -4.51. The van der Waals surface area contributed by atoms with Crippen molar-refractivity contribution in [1.82, 2.24) is 19.9 Å². The molecule has 0 fully saturated rings. The summed E-state index contributed by atoms with van der Waals surface area (Å²) in [7, 11) is 0. The number of carbonyl (C=O) groups is 1. The van der Waals surface area contributed by atoms with E-state index in [2.05, 4.69) is 15.0 Å². The van der Waals surface area contributed by atoms with Crippen LogP contribution in [0.1, 0.15) is 26.1 Å². The zero-order valence-corrected chi connectivity index (χ0v) is 15.5. The third kappa shape index (κ3) is 4.73. The van der Waals surface area contributed by atoms with Crippen LogP contribution < -0.4 is 0 Å². The molecule has 27 heavy (non-hydrogen) atoms. The Kier molecular flexibility index (Phi) is 5.31. The van der Waals surface area contributed by atoms with Gasteiger partial charge in [0.15, 0.2) is 0 Å². The zero-order valence-electron chi connectivity index (χ0n) is 14.7. The summed E-state index contributed by atoms with van der Waals surface area (Å²) >= 11 is 1.09. The number of aryl methyl sites for hydroxylation is 2. The van der Waals surface area contributed by atoms with E-state index in [4.69, 9.17) is 0 Å². The number of amides is 1. The highest BCUT2D eigenvalue weighted by atomic mass is 32.1. The number of imidazole rings is 1. The van der Waals surface area contributed by atoms with Crippen molar-refractivity contribution in [2.75, 3.05) is 6.54 Å². The molecule has 1 amide bonds. The van der Waals surface area contributed by atoms with Crippen LogP contribution in [-0.4, -0.2) is 38.5 Å². The van der Waals surface area contributed by atoms with E-state index in [1.54, 1.807) is 13.8 Å². The maximum absolute atomic E-state index is 13.0. The maximum atomic E-state index is 13.0. The minimum absolute atomic E-state index is 0.222. The lowest BCUT2D eigenvalue weighted by Crippen LogP contribution is -2.38. The van der Waals surface area contributed by atoms with Crippen molar-refractivity contribution >= 4 is 17.2 Å². The number of rotatable bonds is 5. The van der Waals surface area contributed by atoms with E-state index < -0.39 is 18.6 Å². The normalized spacial score (nSPS) is 11.6. The molecular formula is C18H17F3N4OS. The molecule has 0 spiro atoms. The SMILES string of the molecule is Cc1nc(C)c(C(=O)N(Cc2cnc(-c3ccccc3)[nH]2)CC(F)(F)F)s1. The van der Waals surface area contributed by atoms with E-state index in [1.807, 2.05) is 30.3 Å². The molecule has 0 radical (unpaired) electrons. The van der Waals surface area contributed by atoms with Crippen molar-refractivity contribution in [3.05, 3.63) is 57.8 Å². The largest absolute Gasteiger partial charge is 0.406 e. The Morgan fingerprint density at radius 3 is 2.52 bits per heavy atom. The number of nitrogens with one attached hydrogen (secondary N) is 1. The van der Waals surface area contributed by atoms with Crippen molar-refractivity contribution in [3.63, 3.8) is 0 Å². The van der Waals surface area contributed by atoms with Gasteiger partial charge in [0.1, 0.15) is 17.2 Å². The number of nitrogens with zero attached hydrogens (tertiary/aromatic N) is 3. The van der Waals surface area contributed by atoms with Gasteiger partial charge < -0.3 is 9.88 Å². The molecule has 0 saturated carbocycles. The molecule has 3 rings (SSSR count). The summed E-state index contributed by atoms with van der Waals surface area (Å²) in [5, 5.41) is 0.635. The predicted octanol–water partition coefficient (Wildman–Crippen LogP) is 4.35. The molecular weight excluding hydrogens is 377 g/mol. The fraction of sp³-hybridized carbons (Fsp3) is 0.278. The molecule has 0 aliphatic carbocycles. The van der Waals surface area contributed by atoms with Gasteiger partial charge in [0, 0.05) is 5.56 Å². The van der Waals surface area contributed by atoms with Gasteiger partial charge in [-0.05, 0) is 13.8 Å². The van der Waals surface area contributed by atoms with Crippen LogP contribution in [0.2, 0.25) is 0 Å². The van der Waals surface area contributed by atoms with E-state index in [1.165, 1.54) is 6.20 Å². The number of H-pyrrole nitrogens is 1. The van der Waals surface area contributed by atoms with Gasteiger partial charge in [-0.2, -0.15) is 13.2 Å². The molecule has 2 heterocycles. The van der Waals surface area contributed by atoms with E-state index in [9.17, 15) is 18.0 Å². The first-order valence-electron chi connectivity index (χ1n) is 8.12. The molecule has 5 nitrogen and oxygen atoms in total. The summed E-state index contributed by atoms with van der Waals surface area (Å²) in [6.45, 7) is 1.76. The molecule has 142 valence electrons. The summed E-state index contributed by atoms with van der Waals surface area (Å²) in [6, 6.07) is 9.21. The van der Waals surface area contributed by atoms with Gasteiger partial charge in [0.05, 0.1) is 29.1 Å². The Bertz CT molecular complexity index is 934. The topological polar surface area (TPSA) is 61.9 Å². The van der Waals surface area contributed by atoms with E-state index in [0.29, 0.717) is 22.2 Å². The summed E-state index contributed by atoms with van der Waals surface area (Å²) in [5.41, 5.74) is 1.67. The average Bonchev–Trinajstić information content (AvgIpc) is 3.19. The Morgan fingerprint density at radius 2 is 1.93 bits per heavy atom. The van der Waals surface area contributed by atoms with Crippen LogP contribution in [0.15, 0.2) is 36.5 Å². The van der Waals surface area contributed by atoms with Gasteiger partial charge in [0.25, 0.3) is 5.91 Å². The summed E-state index contributed by atoms with van der Waals surface area (Å²) < 4.78 is 39.1. The standard InChI is InChI=1S/C18H17F3N4OS/c1-11-15(27-12(2)23-11)17(26)25(10-18(19,20)21)9-14-8-22-16(24-14)13-6-4-3-5-7-13/h3-8H,9-10H2,1-2H3,(H,22,24). The summed E-state index contributed by atoms with van der Waals surface area (Å²) in [5.74, 6) is -0.152. The second-order valence-corrected chi connectivity index (χ2v) is 7.25. The number of thiazole rings is 1. The lowest BCUT2D eigenvalue weighted by molar-refractivity contribution is -0.141. The number of hydrogen-bond acceptors (Lipinski definition) is 4. The highest BCUT2D eigenvalue weighted by Crippen LogP contribution is 2.24. The van der Waals surface area contributed by atoms with Crippen molar-refractivity contribution in [1.29, 1.82) is 0 Å². The summed E-state index contributed by atoms with van der Waals surface area (Å²) in [4.78, 5) is 25.0. The van der Waals surface area contributed by atoms with E-state index in [0.717, 1.165) is 21.8 Å². The fourth-order valence-electron chi connectivity index (χ4n) is 2.68. The van der Waals surface area contributed by atoms with Crippen molar-refractivity contribution in [2.24, 2.45) is 0 Å². The molecule has 3 aromatic rings. The third-order valence-electron chi connectivity index (χ3n) is 3.79. The number of carbonyl (C=O) groups excluding carboxylic acids is 1. The second-order valence-electron chi connectivity index (χ2n) is 6.05. The fourth-order valence-corrected chi connectivity index (χ4v) is 3.56. The highest BCUT2D eigenvalue weighted by Gasteiger charge is 2.34. The Labute approximate surface area is 157 Å². The van der Waals surface area contributed by atoms with Crippen LogP contribution in [0.25, 0.3) is 11.4 Å². The molecule has 0 atom stereocenters. The molecule has 2 aromatic heterocycles. The van der Waals surface area contributed by atoms with Crippen molar-refractivity contribution in [2.45, 2.75) is 26.6 Å². The number of aromatic amines is 1. The van der Waals surface area contributed by atoms with Crippen LogP contribution in [0.4, 0.5) is 13.2 Å². The number of halogens is 3. The number of benzene rings is 1. The van der Waals surface area contributed by atoms with Crippen molar-refractivity contribution in [3.8, 4) is 11.4 Å². The van der Waals surface area contributed by atoms with E-state index in [-0.39, 0.29) is 11.4 Å². The molecule has 0 aliphatic rings. The van der Waals surface area contributed by atoms with Crippen LogP contribution in [-0.2, 0) is 6.54 Å². The molecule has 0 saturated heterocycles. The first-order valence-corrected chi connectivity index (χ1v) is 8.94. The highest BCUT2D eigenvalue weighted by molar-refractivity contribution is 7.13. The van der Waals surface area contributed by atoms with Gasteiger partial charge in [0.2, 0.25) is 0 Å². The molecule has 1 aromatic carbocycles. The molecule has 1 N–H and O–H groups in total.